The molecule has 0 aromatic heterocycles. The molecular formula is C17H13Cl3N2O2S. The summed E-state index contributed by atoms with van der Waals surface area (Å²) in [5, 5.41) is 12.6. The molecule has 2 aromatic carbocycles. The fraction of sp³-hybridized carbons (Fsp3) is 0.118. The number of nitrogens with zero attached hydrogens (tertiary/aromatic N) is 1. The summed E-state index contributed by atoms with van der Waals surface area (Å²) in [4.78, 5) is 12.0. The molecule has 0 amide bonds. The minimum Gasteiger partial charge on any atom is -0.481 e. The Balaban J connectivity index is 1.99. The number of carboxylic acids is 1. The fourth-order valence-electron chi connectivity index (χ4n) is 2.45. The first kappa shape index (κ1) is 18.3. The Morgan fingerprint density at radius 2 is 1.76 bits per heavy atom. The molecule has 1 aliphatic heterocycles. The lowest BCUT2D eigenvalue weighted by Crippen LogP contribution is -2.25. The number of rotatable bonds is 5. The zero-order chi connectivity index (χ0) is 18.0. The van der Waals surface area contributed by atoms with Crippen molar-refractivity contribution in [2.75, 3.05) is 11.3 Å². The Kier molecular flexibility index (Phi) is 5.69. The van der Waals surface area contributed by atoms with Gasteiger partial charge in [-0.1, -0.05) is 53.0 Å². The van der Waals surface area contributed by atoms with Gasteiger partial charge >= 0.3 is 5.97 Å². The van der Waals surface area contributed by atoms with Crippen LogP contribution in [0.25, 0.3) is 5.70 Å². The molecular weight excluding hydrogens is 403 g/mol. The summed E-state index contributed by atoms with van der Waals surface area (Å²) in [7, 11) is 0. The maximum Gasteiger partial charge on any atom is 0.308 e. The highest BCUT2D eigenvalue weighted by Crippen LogP contribution is 2.41. The van der Waals surface area contributed by atoms with Gasteiger partial charge in [-0.25, -0.2) is 0 Å². The number of hydrazine groups is 1. The summed E-state index contributed by atoms with van der Waals surface area (Å²) < 4.78 is 0. The van der Waals surface area contributed by atoms with Crippen LogP contribution in [0.2, 0.25) is 15.1 Å². The predicted octanol–water partition coefficient (Wildman–Crippen LogP) is 5.82. The van der Waals surface area contributed by atoms with Gasteiger partial charge in [0.25, 0.3) is 0 Å². The topological polar surface area (TPSA) is 52.6 Å². The van der Waals surface area contributed by atoms with E-state index in [9.17, 15) is 9.90 Å². The van der Waals surface area contributed by atoms with Gasteiger partial charge in [-0.05, 0) is 24.3 Å². The minimum atomic E-state index is -0.883. The summed E-state index contributed by atoms with van der Waals surface area (Å²) in [5.74, 6) is -0.353. The molecule has 2 aromatic rings. The highest BCUT2D eigenvalue weighted by Gasteiger charge is 2.27. The van der Waals surface area contributed by atoms with Crippen LogP contribution in [0.1, 0.15) is 12.0 Å². The Morgan fingerprint density at radius 1 is 1.12 bits per heavy atom. The van der Waals surface area contributed by atoms with Crippen LogP contribution in [-0.4, -0.2) is 22.0 Å². The smallest absolute Gasteiger partial charge is 0.308 e. The van der Waals surface area contributed by atoms with Crippen LogP contribution in [0, 0.1) is 0 Å². The van der Waals surface area contributed by atoms with E-state index in [1.807, 2.05) is 17.1 Å². The first-order valence-corrected chi connectivity index (χ1v) is 9.39. The van der Waals surface area contributed by atoms with Crippen molar-refractivity contribution >= 4 is 63.9 Å². The Morgan fingerprint density at radius 3 is 2.36 bits per heavy atom. The lowest BCUT2D eigenvalue weighted by molar-refractivity contribution is -0.136. The highest BCUT2D eigenvalue weighted by molar-refractivity contribution is 8.03. The second-order valence-electron chi connectivity index (χ2n) is 5.26. The lowest BCUT2D eigenvalue weighted by atomic mass is 10.1. The van der Waals surface area contributed by atoms with Gasteiger partial charge in [-0.3, -0.25) is 15.2 Å². The Labute approximate surface area is 164 Å². The second-order valence-corrected chi connectivity index (χ2v) is 7.55. The fourth-order valence-corrected chi connectivity index (χ4v) is 4.13. The van der Waals surface area contributed by atoms with Gasteiger partial charge in [-0.15, -0.1) is 11.8 Å². The van der Waals surface area contributed by atoms with E-state index in [4.69, 9.17) is 34.8 Å². The average molecular weight is 416 g/mol. The van der Waals surface area contributed by atoms with Crippen molar-refractivity contribution in [3.05, 3.63) is 68.0 Å². The standard InChI is InChI=1S/C17H13Cl3N2O2S/c18-11-6-4-10(5-7-11)17-14(8-15(23)24)25-9-22(17)21-16-12(19)2-1-3-13(16)20/h1-7,21H,8-9H2,(H,23,24). The molecule has 0 saturated heterocycles. The number of benzene rings is 2. The van der Waals surface area contributed by atoms with Gasteiger partial charge in [0.15, 0.2) is 0 Å². The monoisotopic (exact) mass is 414 g/mol. The van der Waals surface area contributed by atoms with E-state index in [0.717, 1.165) is 16.2 Å². The molecule has 25 heavy (non-hydrogen) atoms. The number of carbonyl (C=O) groups is 1. The molecule has 0 fully saturated rings. The third kappa shape index (κ3) is 4.18. The molecule has 0 unspecified atom stereocenters. The maximum absolute atomic E-state index is 11.2. The van der Waals surface area contributed by atoms with Crippen molar-refractivity contribution in [1.82, 2.24) is 5.01 Å². The van der Waals surface area contributed by atoms with Crippen LogP contribution < -0.4 is 5.43 Å². The van der Waals surface area contributed by atoms with Crippen LogP contribution in [0.15, 0.2) is 47.4 Å². The molecule has 0 spiro atoms. The molecule has 1 heterocycles. The maximum atomic E-state index is 11.2. The quantitative estimate of drug-likeness (QED) is 0.644. The van der Waals surface area contributed by atoms with E-state index in [2.05, 4.69) is 5.43 Å². The van der Waals surface area contributed by atoms with Crippen molar-refractivity contribution in [3.8, 4) is 0 Å². The Hall–Kier alpha value is -1.53. The van der Waals surface area contributed by atoms with E-state index in [1.54, 1.807) is 30.3 Å². The van der Waals surface area contributed by atoms with E-state index < -0.39 is 5.97 Å². The number of hydrogen-bond acceptors (Lipinski definition) is 4. The van der Waals surface area contributed by atoms with Crippen molar-refractivity contribution in [1.29, 1.82) is 0 Å². The summed E-state index contributed by atoms with van der Waals surface area (Å²) in [5.41, 5.74) is 5.43. The number of para-hydroxylation sites is 1. The van der Waals surface area contributed by atoms with Gasteiger partial charge in [0, 0.05) is 15.5 Å². The predicted molar refractivity (Wildman–Crippen MR) is 105 cm³/mol. The first-order valence-electron chi connectivity index (χ1n) is 7.27. The number of anilines is 1. The molecule has 1 aliphatic rings. The second kappa shape index (κ2) is 7.79. The van der Waals surface area contributed by atoms with E-state index in [1.165, 1.54) is 11.8 Å². The zero-order valence-corrected chi connectivity index (χ0v) is 15.9. The van der Waals surface area contributed by atoms with Crippen molar-refractivity contribution in [3.63, 3.8) is 0 Å². The van der Waals surface area contributed by atoms with E-state index >= 15 is 0 Å². The van der Waals surface area contributed by atoms with Crippen molar-refractivity contribution in [2.24, 2.45) is 0 Å². The molecule has 2 N–H and O–H groups in total. The van der Waals surface area contributed by atoms with Crippen LogP contribution in [0.4, 0.5) is 5.69 Å². The molecule has 0 aliphatic carbocycles. The Bertz CT molecular complexity index is 820. The highest BCUT2D eigenvalue weighted by atomic mass is 35.5. The third-order valence-electron chi connectivity index (χ3n) is 3.54. The van der Waals surface area contributed by atoms with Crippen LogP contribution in [0.5, 0.6) is 0 Å². The SMILES string of the molecule is O=C(O)CC1=C(c2ccc(Cl)cc2)N(Nc2c(Cl)cccc2Cl)CS1. The number of nitrogens with one attached hydrogen (secondary N) is 1. The van der Waals surface area contributed by atoms with Crippen LogP contribution in [0.3, 0.4) is 0 Å². The van der Waals surface area contributed by atoms with Crippen LogP contribution >= 0.6 is 46.6 Å². The van der Waals surface area contributed by atoms with Gasteiger partial charge < -0.3 is 5.11 Å². The third-order valence-corrected chi connectivity index (χ3v) is 5.50. The van der Waals surface area contributed by atoms with Crippen molar-refractivity contribution < 1.29 is 9.90 Å². The largest absolute Gasteiger partial charge is 0.481 e. The summed E-state index contributed by atoms with van der Waals surface area (Å²) >= 11 is 19.9. The minimum absolute atomic E-state index is 0.0585. The molecule has 130 valence electrons. The van der Waals surface area contributed by atoms with Crippen molar-refractivity contribution in [2.45, 2.75) is 6.42 Å². The molecule has 4 nitrogen and oxygen atoms in total. The van der Waals surface area contributed by atoms with Gasteiger partial charge in [0.05, 0.1) is 33.7 Å². The summed E-state index contributed by atoms with van der Waals surface area (Å²) in [6.07, 6.45) is -0.0585. The lowest BCUT2D eigenvalue weighted by Gasteiger charge is -2.25. The van der Waals surface area contributed by atoms with Gasteiger partial charge in [-0.2, -0.15) is 0 Å². The molecule has 8 heteroatoms. The zero-order valence-electron chi connectivity index (χ0n) is 12.8. The van der Waals surface area contributed by atoms with Crippen LogP contribution in [-0.2, 0) is 4.79 Å². The summed E-state index contributed by atoms with van der Waals surface area (Å²) in [6, 6.07) is 12.5. The number of hydrogen-bond donors (Lipinski definition) is 2. The number of aliphatic carboxylic acids is 1. The number of halogens is 3. The normalized spacial score (nSPS) is 14.1. The average Bonchev–Trinajstić information content (AvgIpc) is 2.93. The first-order chi connectivity index (χ1) is 12.0. The summed E-state index contributed by atoms with van der Waals surface area (Å²) in [6.45, 7) is 0. The molecule has 0 saturated carbocycles. The molecule has 0 bridgehead atoms. The molecule has 0 atom stereocenters. The number of thioether (sulfide) groups is 1. The van der Waals surface area contributed by atoms with E-state index in [0.29, 0.717) is 26.6 Å². The molecule has 3 rings (SSSR count). The van der Waals surface area contributed by atoms with E-state index in [-0.39, 0.29) is 6.42 Å². The van der Waals surface area contributed by atoms with Gasteiger partial charge in [0.2, 0.25) is 0 Å². The van der Waals surface area contributed by atoms with Gasteiger partial charge in [0.1, 0.15) is 0 Å². The molecule has 0 radical (unpaired) electrons. The number of carboxylic acid groups (broad SMARTS) is 1.